The Hall–Kier alpha value is -5.03. The fourth-order valence-electron chi connectivity index (χ4n) is 15.8. The number of phenols is 1. The van der Waals surface area contributed by atoms with Gasteiger partial charge in [-0.1, -0.05) is 74.3 Å². The molecule has 8 aliphatic rings. The van der Waals surface area contributed by atoms with E-state index >= 15 is 4.79 Å². The van der Waals surface area contributed by atoms with Crippen molar-refractivity contribution in [2.45, 2.75) is 170 Å². The lowest BCUT2D eigenvalue weighted by Gasteiger charge is -2.66. The highest BCUT2D eigenvalue weighted by atomic mass is 16.6. The number of carbonyl (C=O) groups is 3. The molecule has 3 aliphatic heterocycles. The summed E-state index contributed by atoms with van der Waals surface area (Å²) in [7, 11) is 1.59. The molecule has 0 saturated heterocycles. The predicted molar refractivity (Wildman–Crippen MR) is 278 cm³/mol. The Bertz CT molecular complexity index is 2750. The number of phenolic OH excluding ortho intramolecular Hbond substituents is 1. The molecule has 5 aliphatic carbocycles. The van der Waals surface area contributed by atoms with Crippen molar-refractivity contribution >= 4 is 23.4 Å². The van der Waals surface area contributed by atoms with E-state index < -0.39 is 47.2 Å². The Balaban J connectivity index is 1.13. The van der Waals surface area contributed by atoms with Gasteiger partial charge in [-0.05, 0) is 152 Å². The minimum atomic E-state index is -1.59. The van der Waals surface area contributed by atoms with Crippen molar-refractivity contribution in [2.24, 2.45) is 41.4 Å². The van der Waals surface area contributed by atoms with Crippen LogP contribution < -0.4 is 10.1 Å². The summed E-state index contributed by atoms with van der Waals surface area (Å²) in [6, 6.07) is 15.5. The number of aliphatic hydroxyl groups is 4. The second-order valence-corrected chi connectivity index (χ2v) is 24.0. The lowest BCUT2D eigenvalue weighted by atomic mass is 9.40. The molecule has 6 N–H and O–H groups in total. The number of hydrogen-bond donors (Lipinski definition) is 6. The van der Waals surface area contributed by atoms with Gasteiger partial charge in [-0.15, -0.1) is 0 Å². The molecule has 12 bridgehead atoms. The zero-order chi connectivity index (χ0) is 51.5. The quantitative estimate of drug-likeness (QED) is 0.0681. The summed E-state index contributed by atoms with van der Waals surface area (Å²) in [5.74, 6) is 4.09. The highest BCUT2D eigenvalue weighted by Crippen LogP contribution is 2.66. The van der Waals surface area contributed by atoms with E-state index in [9.17, 15) is 35.1 Å². The molecule has 13 atom stereocenters. The molecule has 13 unspecified atom stereocenters. The summed E-state index contributed by atoms with van der Waals surface area (Å²) in [5, 5.41) is 64.8. The first-order valence-corrected chi connectivity index (χ1v) is 27.9. The molecule has 74 heavy (non-hydrogen) atoms. The SMILES string of the molecule is COCCC(C)(O)CNc1cc(CO)cc(C2C#CC3CC(=O)Oc4c3cc(c(O)c4C3CCCCC3)CC3OC(=O)C(=CC(O)Cc4cccc(c4)CC4C(=O)CC5CCC6C7CCCCC7C3(O)C5C46)C2)c1. The van der Waals surface area contributed by atoms with Gasteiger partial charge in [-0.25, -0.2) is 4.79 Å². The summed E-state index contributed by atoms with van der Waals surface area (Å²) >= 11 is 0. The molecule has 394 valence electrons. The van der Waals surface area contributed by atoms with Crippen molar-refractivity contribution in [2.75, 3.05) is 25.6 Å². The predicted octanol–water partition coefficient (Wildman–Crippen LogP) is 8.65. The molecule has 12 nitrogen and oxygen atoms in total. The van der Waals surface area contributed by atoms with Gasteiger partial charge in [0.2, 0.25) is 0 Å². The minimum Gasteiger partial charge on any atom is -0.507 e. The summed E-state index contributed by atoms with van der Waals surface area (Å²) in [6.45, 7) is 1.96. The molecule has 11 rings (SSSR count). The van der Waals surface area contributed by atoms with E-state index in [4.69, 9.17) is 14.2 Å². The fourth-order valence-corrected chi connectivity index (χ4v) is 15.8. The molecule has 0 radical (unpaired) electrons. The maximum Gasteiger partial charge on any atom is 0.334 e. The number of fused-ring (bicyclic) bond motifs is 10. The molecule has 0 amide bonds. The molecule has 0 spiro atoms. The number of methoxy groups -OCH3 is 1. The summed E-state index contributed by atoms with van der Waals surface area (Å²) in [6.07, 6.45) is 10.6. The van der Waals surface area contributed by atoms with E-state index in [2.05, 4.69) is 29.3 Å². The molecular formula is C62H75NO11. The Morgan fingerprint density at radius 3 is 2.42 bits per heavy atom. The van der Waals surface area contributed by atoms with Gasteiger partial charge in [0.05, 0.1) is 30.7 Å². The van der Waals surface area contributed by atoms with Gasteiger partial charge in [-0.3, -0.25) is 9.59 Å². The zero-order valence-electron chi connectivity index (χ0n) is 43.2. The Morgan fingerprint density at radius 2 is 1.62 bits per heavy atom. The van der Waals surface area contributed by atoms with Crippen LogP contribution in [0.15, 0.2) is 60.2 Å². The van der Waals surface area contributed by atoms with Gasteiger partial charge in [0.1, 0.15) is 29.0 Å². The second-order valence-electron chi connectivity index (χ2n) is 24.0. The third kappa shape index (κ3) is 9.74. The topological polar surface area (TPSA) is 192 Å². The first-order chi connectivity index (χ1) is 35.7. The lowest BCUT2D eigenvalue weighted by molar-refractivity contribution is -0.265. The van der Waals surface area contributed by atoms with Crippen LogP contribution in [0.1, 0.15) is 160 Å². The molecule has 5 fully saturated rings. The van der Waals surface area contributed by atoms with Crippen molar-refractivity contribution in [1.82, 2.24) is 0 Å². The smallest absolute Gasteiger partial charge is 0.334 e. The molecule has 3 heterocycles. The zero-order valence-corrected chi connectivity index (χ0v) is 43.2. The van der Waals surface area contributed by atoms with Gasteiger partial charge in [0, 0.05) is 80.2 Å². The van der Waals surface area contributed by atoms with Gasteiger partial charge in [0.25, 0.3) is 0 Å². The number of aromatic hydroxyl groups is 1. The molecule has 3 aromatic carbocycles. The number of nitrogens with one attached hydrogen (secondary N) is 1. The Labute approximate surface area is 435 Å². The van der Waals surface area contributed by atoms with Gasteiger partial charge < -0.3 is 45.1 Å². The fraction of sp³-hybridized carbons (Fsp3) is 0.597. The maximum atomic E-state index is 15.8. The molecule has 5 saturated carbocycles. The summed E-state index contributed by atoms with van der Waals surface area (Å²) < 4.78 is 18.5. The van der Waals surface area contributed by atoms with E-state index in [0.29, 0.717) is 65.1 Å². The number of aliphatic hydroxyl groups excluding tert-OH is 2. The van der Waals surface area contributed by atoms with Gasteiger partial charge in [-0.2, -0.15) is 0 Å². The maximum absolute atomic E-state index is 15.8. The average Bonchev–Trinajstić information content (AvgIpc) is 3.40. The lowest BCUT2D eigenvalue weighted by Crippen LogP contribution is -2.71. The number of esters is 2. The number of carbonyl (C=O) groups excluding carboxylic acids is 3. The van der Waals surface area contributed by atoms with Crippen molar-refractivity contribution in [3.05, 3.63) is 99.1 Å². The van der Waals surface area contributed by atoms with Crippen molar-refractivity contribution in [3.63, 3.8) is 0 Å². The number of ketones is 1. The monoisotopic (exact) mass is 1010 g/mol. The first-order valence-electron chi connectivity index (χ1n) is 27.9. The standard InChI is InChI=1S/C62H75NO11/c1-61(70,19-20-72-2)34-63-45-23-37(33-64)22-42(27-45)39-15-16-40-32-54(67)74-59-49(40)29-43(58(68)55(59)38-11-4-3-5-12-38)31-53-62(71)51-14-7-6-13-47(51)48-18-17-41-30-52(66)50(56(48)57(41)62)25-36-10-8-9-35(21-36)24-46(65)28-44(26-39)60(69)73-53/h8-10,21-23,27-29,38-41,46-48,50-51,53,56-57,63-65,68,70-71H,3-7,11-14,17-20,24-26,30-34H2,1-2H3. The molecular weight excluding hydrogens is 935 g/mol. The number of rotatable bonds is 9. The average molecular weight is 1010 g/mol. The minimum absolute atomic E-state index is 0.00127. The molecule has 12 heteroatoms. The number of hydrogen-bond acceptors (Lipinski definition) is 12. The van der Waals surface area contributed by atoms with Gasteiger partial charge in [0.15, 0.2) is 0 Å². The van der Waals surface area contributed by atoms with Crippen molar-refractivity contribution < 1.29 is 54.1 Å². The highest BCUT2D eigenvalue weighted by molar-refractivity contribution is 5.89. The number of Topliss-reactive ketones (excluding diaryl/α,β-unsaturated/α-hetero) is 1. The largest absolute Gasteiger partial charge is 0.507 e. The van der Waals surface area contributed by atoms with Crippen LogP contribution >= 0.6 is 0 Å². The second kappa shape index (κ2) is 20.8. The third-order valence-electron chi connectivity index (χ3n) is 19.2. The highest BCUT2D eigenvalue weighted by Gasteiger charge is 2.68. The van der Waals surface area contributed by atoms with Crippen molar-refractivity contribution in [1.29, 1.82) is 0 Å². The molecule has 0 aromatic heterocycles. The number of benzene rings is 3. The van der Waals surface area contributed by atoms with Gasteiger partial charge >= 0.3 is 11.9 Å². The Kier molecular flexibility index (Phi) is 14.4. The van der Waals surface area contributed by atoms with Crippen LogP contribution in [0.25, 0.3) is 0 Å². The van der Waals surface area contributed by atoms with Crippen LogP contribution in [0.4, 0.5) is 5.69 Å². The number of anilines is 1. The Morgan fingerprint density at radius 1 is 0.851 bits per heavy atom. The van der Waals surface area contributed by atoms with Crippen molar-refractivity contribution in [3.8, 4) is 23.3 Å². The van der Waals surface area contributed by atoms with Crippen LogP contribution in [0.2, 0.25) is 0 Å². The van der Waals surface area contributed by atoms with Crippen LogP contribution in [0.5, 0.6) is 11.5 Å². The summed E-state index contributed by atoms with van der Waals surface area (Å²) in [4.78, 5) is 44.3. The third-order valence-corrected chi connectivity index (χ3v) is 19.2. The van der Waals surface area contributed by atoms with E-state index in [1.165, 1.54) is 0 Å². The van der Waals surface area contributed by atoms with E-state index in [1.807, 2.05) is 36.4 Å². The van der Waals surface area contributed by atoms with Crippen LogP contribution in [-0.2, 0) is 49.7 Å². The van der Waals surface area contributed by atoms with Crippen LogP contribution in [-0.4, -0.2) is 86.9 Å². The van der Waals surface area contributed by atoms with E-state index in [-0.39, 0.29) is 103 Å². The van der Waals surface area contributed by atoms with Crippen LogP contribution in [0, 0.1) is 53.3 Å². The molecule has 3 aromatic rings. The van der Waals surface area contributed by atoms with Crippen LogP contribution in [0.3, 0.4) is 0 Å². The van der Waals surface area contributed by atoms with E-state index in [1.54, 1.807) is 20.1 Å². The summed E-state index contributed by atoms with van der Waals surface area (Å²) in [5.41, 5.74) is 2.93. The normalized spacial score (nSPS) is 33.6. The van der Waals surface area contributed by atoms with E-state index in [0.717, 1.165) is 81.8 Å². The number of ether oxygens (including phenoxy) is 3. The first kappa shape index (κ1) is 51.1.